The van der Waals surface area contributed by atoms with E-state index in [1.165, 1.54) is 22.3 Å². The van der Waals surface area contributed by atoms with Crippen molar-refractivity contribution < 1.29 is 4.74 Å². The molecule has 2 atom stereocenters. The van der Waals surface area contributed by atoms with Gasteiger partial charge in [-0.1, -0.05) is 52.3 Å². The minimum Gasteiger partial charge on any atom is -0.373 e. The summed E-state index contributed by atoms with van der Waals surface area (Å²) in [7, 11) is 0. The van der Waals surface area contributed by atoms with Crippen LogP contribution in [-0.2, 0) is 11.2 Å². The fraction of sp³-hybridized carbons (Fsp3) is 0.333. The molecule has 2 nitrogen and oxygen atoms in total. The van der Waals surface area contributed by atoms with Gasteiger partial charge in [0.15, 0.2) is 0 Å². The molecule has 0 saturated heterocycles. The first-order valence-corrected chi connectivity index (χ1v) is 8.15. The van der Waals surface area contributed by atoms with Crippen LogP contribution in [0.1, 0.15) is 40.8 Å². The summed E-state index contributed by atoms with van der Waals surface area (Å²) in [6.45, 7) is 2.88. The zero-order chi connectivity index (χ0) is 14.8. The number of nitrogens with two attached hydrogens (primary N) is 1. The first kappa shape index (κ1) is 14.8. The first-order chi connectivity index (χ1) is 10.1. The highest BCUT2D eigenvalue weighted by Crippen LogP contribution is 2.34. The van der Waals surface area contributed by atoms with Gasteiger partial charge < -0.3 is 10.5 Å². The lowest BCUT2D eigenvalue weighted by Gasteiger charge is -2.28. The topological polar surface area (TPSA) is 35.2 Å². The Kier molecular flexibility index (Phi) is 4.43. The molecule has 1 aliphatic heterocycles. The monoisotopic (exact) mass is 345 g/mol. The molecule has 0 amide bonds. The summed E-state index contributed by atoms with van der Waals surface area (Å²) in [5, 5.41) is 0. The number of benzene rings is 2. The molecular formula is C18H20BrNO. The van der Waals surface area contributed by atoms with Crippen molar-refractivity contribution in [3.63, 3.8) is 0 Å². The van der Waals surface area contributed by atoms with Crippen LogP contribution in [0.25, 0.3) is 0 Å². The molecule has 1 heterocycles. The Hall–Kier alpha value is -1.16. The predicted molar refractivity (Wildman–Crippen MR) is 89.3 cm³/mol. The second-order valence-electron chi connectivity index (χ2n) is 5.66. The van der Waals surface area contributed by atoms with Crippen molar-refractivity contribution in [3.05, 3.63) is 69.2 Å². The van der Waals surface area contributed by atoms with E-state index in [0.717, 1.165) is 23.9 Å². The minimum atomic E-state index is -0.00652. The molecule has 2 unspecified atom stereocenters. The number of aryl methyl sites for hydroxylation is 1. The third-order valence-electron chi connectivity index (χ3n) is 4.17. The molecule has 2 aromatic carbocycles. The van der Waals surface area contributed by atoms with Crippen LogP contribution >= 0.6 is 15.9 Å². The molecule has 110 valence electrons. The van der Waals surface area contributed by atoms with Crippen molar-refractivity contribution in [1.82, 2.24) is 0 Å². The van der Waals surface area contributed by atoms with Crippen LogP contribution in [0, 0.1) is 6.92 Å². The SMILES string of the molecule is Cc1cc(C(N)CC2OCCc3ccccc32)ccc1Br. The van der Waals surface area contributed by atoms with Gasteiger partial charge in [-0.05, 0) is 48.1 Å². The van der Waals surface area contributed by atoms with Gasteiger partial charge in [0, 0.05) is 10.5 Å². The maximum atomic E-state index is 6.41. The normalized spacial score (nSPS) is 19.1. The van der Waals surface area contributed by atoms with Gasteiger partial charge in [-0.25, -0.2) is 0 Å². The van der Waals surface area contributed by atoms with Gasteiger partial charge in [0.2, 0.25) is 0 Å². The molecule has 2 N–H and O–H groups in total. The highest BCUT2D eigenvalue weighted by Gasteiger charge is 2.23. The molecule has 0 aliphatic carbocycles. The lowest BCUT2D eigenvalue weighted by atomic mass is 9.91. The molecule has 0 saturated carbocycles. The number of hydrogen-bond donors (Lipinski definition) is 1. The number of hydrogen-bond acceptors (Lipinski definition) is 2. The Bertz CT molecular complexity index is 641. The molecule has 2 aromatic rings. The summed E-state index contributed by atoms with van der Waals surface area (Å²) in [5.41, 5.74) is 11.5. The summed E-state index contributed by atoms with van der Waals surface area (Å²) >= 11 is 3.53. The summed E-state index contributed by atoms with van der Waals surface area (Å²) < 4.78 is 7.08. The standard InChI is InChI=1S/C18H20BrNO/c1-12-10-14(6-7-16(12)19)17(20)11-18-15-5-3-2-4-13(15)8-9-21-18/h2-7,10,17-18H,8-9,11,20H2,1H3. The largest absolute Gasteiger partial charge is 0.373 e. The van der Waals surface area contributed by atoms with Crippen LogP contribution in [0.4, 0.5) is 0 Å². The molecular weight excluding hydrogens is 326 g/mol. The third-order valence-corrected chi connectivity index (χ3v) is 5.06. The van der Waals surface area contributed by atoms with E-state index < -0.39 is 0 Å². The molecule has 3 heteroatoms. The second kappa shape index (κ2) is 6.30. The van der Waals surface area contributed by atoms with Gasteiger partial charge in [-0.2, -0.15) is 0 Å². The average Bonchev–Trinajstić information content (AvgIpc) is 2.50. The number of halogens is 1. The Balaban J connectivity index is 1.79. The summed E-state index contributed by atoms with van der Waals surface area (Å²) in [4.78, 5) is 0. The highest BCUT2D eigenvalue weighted by molar-refractivity contribution is 9.10. The van der Waals surface area contributed by atoms with Crippen molar-refractivity contribution in [2.45, 2.75) is 31.9 Å². The lowest BCUT2D eigenvalue weighted by Crippen LogP contribution is -2.21. The number of ether oxygens (including phenoxy) is 1. The van der Waals surface area contributed by atoms with Crippen molar-refractivity contribution in [2.24, 2.45) is 5.73 Å². The van der Waals surface area contributed by atoms with Crippen molar-refractivity contribution in [2.75, 3.05) is 6.61 Å². The number of fused-ring (bicyclic) bond motifs is 1. The van der Waals surface area contributed by atoms with Gasteiger partial charge in [-0.15, -0.1) is 0 Å². The van der Waals surface area contributed by atoms with Gasteiger partial charge in [0.1, 0.15) is 0 Å². The van der Waals surface area contributed by atoms with Crippen molar-refractivity contribution in [1.29, 1.82) is 0 Å². The molecule has 0 spiro atoms. The van der Waals surface area contributed by atoms with Gasteiger partial charge in [-0.3, -0.25) is 0 Å². The molecule has 1 aliphatic rings. The van der Waals surface area contributed by atoms with Gasteiger partial charge in [0.25, 0.3) is 0 Å². The van der Waals surface area contributed by atoms with Crippen molar-refractivity contribution >= 4 is 15.9 Å². The van der Waals surface area contributed by atoms with Crippen LogP contribution in [0.15, 0.2) is 46.9 Å². The molecule has 0 aromatic heterocycles. The minimum absolute atomic E-state index is 0.00652. The Morgan fingerprint density at radius 2 is 2.10 bits per heavy atom. The quantitative estimate of drug-likeness (QED) is 0.891. The van der Waals surface area contributed by atoms with Crippen LogP contribution < -0.4 is 5.73 Å². The van der Waals surface area contributed by atoms with E-state index in [0.29, 0.717) is 0 Å². The van der Waals surface area contributed by atoms with E-state index in [9.17, 15) is 0 Å². The predicted octanol–water partition coefficient (Wildman–Crippen LogP) is 4.46. The molecule has 3 rings (SSSR count). The average molecular weight is 346 g/mol. The second-order valence-corrected chi connectivity index (χ2v) is 6.51. The summed E-state index contributed by atoms with van der Waals surface area (Å²) in [5.74, 6) is 0. The lowest BCUT2D eigenvalue weighted by molar-refractivity contribution is 0.0320. The Morgan fingerprint density at radius 3 is 2.90 bits per heavy atom. The summed E-state index contributed by atoms with van der Waals surface area (Å²) in [6.07, 6.45) is 1.92. The molecule has 0 radical (unpaired) electrons. The molecule has 0 bridgehead atoms. The molecule has 0 fully saturated rings. The van der Waals surface area contributed by atoms with Gasteiger partial charge >= 0.3 is 0 Å². The summed E-state index contributed by atoms with van der Waals surface area (Å²) in [6, 6.07) is 14.8. The van der Waals surface area contributed by atoms with Crippen LogP contribution in [0.2, 0.25) is 0 Å². The van der Waals surface area contributed by atoms with E-state index in [2.05, 4.69) is 65.3 Å². The smallest absolute Gasteiger partial charge is 0.0845 e. The van der Waals surface area contributed by atoms with Crippen LogP contribution in [0.3, 0.4) is 0 Å². The number of rotatable bonds is 3. The Labute approximate surface area is 134 Å². The van der Waals surface area contributed by atoms with E-state index in [4.69, 9.17) is 10.5 Å². The van der Waals surface area contributed by atoms with E-state index in [-0.39, 0.29) is 12.1 Å². The maximum absolute atomic E-state index is 6.41. The fourth-order valence-corrected chi connectivity index (χ4v) is 3.18. The third kappa shape index (κ3) is 3.20. The highest BCUT2D eigenvalue weighted by atomic mass is 79.9. The zero-order valence-corrected chi connectivity index (χ0v) is 13.8. The fourth-order valence-electron chi connectivity index (χ4n) is 2.94. The van der Waals surface area contributed by atoms with E-state index >= 15 is 0 Å². The van der Waals surface area contributed by atoms with Crippen molar-refractivity contribution in [3.8, 4) is 0 Å². The zero-order valence-electron chi connectivity index (χ0n) is 12.2. The van der Waals surface area contributed by atoms with Gasteiger partial charge in [0.05, 0.1) is 12.7 Å². The van der Waals surface area contributed by atoms with Crippen LogP contribution in [0.5, 0.6) is 0 Å². The molecule has 21 heavy (non-hydrogen) atoms. The van der Waals surface area contributed by atoms with E-state index in [1.54, 1.807) is 0 Å². The Morgan fingerprint density at radius 1 is 1.29 bits per heavy atom. The maximum Gasteiger partial charge on any atom is 0.0845 e. The first-order valence-electron chi connectivity index (χ1n) is 7.36. The van der Waals surface area contributed by atoms with Crippen LogP contribution in [-0.4, -0.2) is 6.61 Å². The van der Waals surface area contributed by atoms with E-state index in [1.807, 2.05) is 0 Å².